The van der Waals surface area contributed by atoms with Crippen molar-refractivity contribution in [2.75, 3.05) is 0 Å². The predicted molar refractivity (Wildman–Crippen MR) is 129 cm³/mol. The normalized spacial score (nSPS) is 22.0. The molecule has 2 aromatic rings. The SMILES string of the molecule is CC(C)(C)c1ccc2c(c1)C(C1=C3C(C=C1)[Si]3(C)C)c1cc(C(C)(C)C)ccc1-2. The molecule has 3 aliphatic rings. The van der Waals surface area contributed by atoms with Crippen LogP contribution in [0.3, 0.4) is 0 Å². The van der Waals surface area contributed by atoms with Crippen LogP contribution in [-0.4, -0.2) is 8.07 Å². The Kier molecular flexibility index (Phi) is 3.72. The van der Waals surface area contributed by atoms with E-state index in [0.29, 0.717) is 5.92 Å². The maximum atomic E-state index is 2.55. The topological polar surface area (TPSA) is 0 Å². The van der Waals surface area contributed by atoms with E-state index in [1.165, 1.54) is 33.4 Å². The van der Waals surface area contributed by atoms with Gasteiger partial charge in [0.25, 0.3) is 0 Å². The van der Waals surface area contributed by atoms with Crippen LogP contribution >= 0.6 is 0 Å². The van der Waals surface area contributed by atoms with Gasteiger partial charge in [0.1, 0.15) is 0 Å². The Labute approximate surface area is 177 Å². The Morgan fingerprint density at radius 3 is 1.59 bits per heavy atom. The first-order valence-electron chi connectivity index (χ1n) is 11.1. The van der Waals surface area contributed by atoms with Gasteiger partial charge in [0, 0.05) is 5.92 Å². The molecular weight excluding hydrogens is 364 g/mol. The van der Waals surface area contributed by atoms with Crippen LogP contribution < -0.4 is 0 Å². The molecule has 150 valence electrons. The van der Waals surface area contributed by atoms with Crippen LogP contribution in [0.15, 0.2) is 59.3 Å². The van der Waals surface area contributed by atoms with Crippen LogP contribution in [0, 0.1) is 0 Å². The van der Waals surface area contributed by atoms with E-state index in [1.54, 1.807) is 5.57 Å². The van der Waals surface area contributed by atoms with Crippen molar-refractivity contribution in [3.8, 4) is 11.1 Å². The van der Waals surface area contributed by atoms with Crippen LogP contribution in [0.2, 0.25) is 18.6 Å². The Morgan fingerprint density at radius 2 is 1.21 bits per heavy atom. The van der Waals surface area contributed by atoms with Crippen molar-refractivity contribution in [1.29, 1.82) is 0 Å². The minimum absolute atomic E-state index is 0.171. The lowest BCUT2D eigenvalue weighted by Gasteiger charge is -2.23. The average molecular weight is 399 g/mol. The van der Waals surface area contributed by atoms with Crippen LogP contribution in [0.25, 0.3) is 11.1 Å². The van der Waals surface area contributed by atoms with E-state index in [9.17, 15) is 0 Å². The molecule has 1 heterocycles. The van der Waals surface area contributed by atoms with Gasteiger partial charge < -0.3 is 0 Å². The molecule has 2 aliphatic carbocycles. The molecule has 0 amide bonds. The van der Waals surface area contributed by atoms with Gasteiger partial charge >= 0.3 is 0 Å². The third-order valence-electron chi connectivity index (χ3n) is 7.54. The van der Waals surface area contributed by atoms with E-state index < -0.39 is 8.07 Å². The van der Waals surface area contributed by atoms with Crippen molar-refractivity contribution in [3.05, 3.63) is 81.6 Å². The van der Waals surface area contributed by atoms with Gasteiger partial charge in [-0.15, -0.1) is 0 Å². The van der Waals surface area contributed by atoms with Gasteiger partial charge in [-0.3, -0.25) is 0 Å². The lowest BCUT2D eigenvalue weighted by molar-refractivity contribution is 0.589. The first-order valence-corrected chi connectivity index (χ1v) is 14.2. The minimum atomic E-state index is -1.19. The van der Waals surface area contributed by atoms with Crippen molar-refractivity contribution >= 4 is 8.07 Å². The molecule has 0 saturated carbocycles. The third kappa shape index (κ3) is 2.70. The molecule has 1 fully saturated rings. The highest BCUT2D eigenvalue weighted by molar-refractivity contribution is 6.99. The molecule has 0 bridgehead atoms. The van der Waals surface area contributed by atoms with Gasteiger partial charge in [0.2, 0.25) is 0 Å². The number of fused-ring (bicyclic) bond motifs is 4. The number of benzene rings is 2. The van der Waals surface area contributed by atoms with Crippen LogP contribution in [0.4, 0.5) is 0 Å². The van der Waals surface area contributed by atoms with Crippen LogP contribution in [0.1, 0.15) is 69.7 Å². The second kappa shape index (κ2) is 5.63. The molecule has 1 saturated heterocycles. The fourth-order valence-corrected chi connectivity index (χ4v) is 9.38. The quantitative estimate of drug-likeness (QED) is 0.428. The third-order valence-corrected chi connectivity index (χ3v) is 11.3. The molecule has 1 atom stereocenters. The average Bonchev–Trinajstić information content (AvgIpc) is 2.96. The van der Waals surface area contributed by atoms with E-state index in [-0.39, 0.29) is 10.8 Å². The summed E-state index contributed by atoms with van der Waals surface area (Å²) < 4.78 is 0. The van der Waals surface area contributed by atoms with Crippen molar-refractivity contribution in [2.24, 2.45) is 0 Å². The highest BCUT2D eigenvalue weighted by Crippen LogP contribution is 2.64. The van der Waals surface area contributed by atoms with Gasteiger partial charge in [0.05, 0.1) is 8.07 Å². The molecule has 1 aliphatic heterocycles. The lowest BCUT2D eigenvalue weighted by atomic mass is 9.81. The van der Waals surface area contributed by atoms with Gasteiger partial charge in [-0.1, -0.05) is 108 Å². The van der Waals surface area contributed by atoms with Crippen molar-refractivity contribution in [3.63, 3.8) is 0 Å². The van der Waals surface area contributed by atoms with Gasteiger partial charge in [-0.05, 0) is 55.3 Å². The van der Waals surface area contributed by atoms with Crippen molar-refractivity contribution < 1.29 is 0 Å². The predicted octanol–water partition coefficient (Wildman–Crippen LogP) is 7.89. The first kappa shape index (κ1) is 19.1. The summed E-state index contributed by atoms with van der Waals surface area (Å²) in [5.74, 6) is 0.412. The second-order valence-corrected chi connectivity index (χ2v) is 16.6. The summed E-state index contributed by atoms with van der Waals surface area (Å²) in [5, 5.41) is 1.81. The summed E-state index contributed by atoms with van der Waals surface area (Å²) in [6, 6.07) is 14.5. The Bertz CT molecular complexity index is 1030. The highest BCUT2D eigenvalue weighted by atomic mass is 28.3. The number of hydrogen-bond acceptors (Lipinski definition) is 0. The van der Waals surface area contributed by atoms with E-state index >= 15 is 0 Å². The zero-order valence-corrected chi connectivity index (χ0v) is 20.3. The van der Waals surface area contributed by atoms with Gasteiger partial charge in [0.15, 0.2) is 0 Å². The second-order valence-electron chi connectivity index (χ2n) is 12.0. The minimum Gasteiger partial charge on any atom is -0.0798 e. The zero-order valence-electron chi connectivity index (χ0n) is 19.3. The molecule has 0 spiro atoms. The number of rotatable bonds is 1. The van der Waals surface area contributed by atoms with E-state index in [4.69, 9.17) is 0 Å². The summed E-state index contributed by atoms with van der Waals surface area (Å²) in [5.41, 5.74) is 11.6. The molecule has 1 unspecified atom stereocenters. The monoisotopic (exact) mass is 398 g/mol. The lowest BCUT2D eigenvalue weighted by Crippen LogP contribution is -2.13. The molecule has 0 radical (unpaired) electrons. The Hall–Kier alpha value is -1.86. The molecule has 0 nitrogen and oxygen atoms in total. The van der Waals surface area contributed by atoms with Gasteiger partial charge in [-0.2, -0.15) is 0 Å². The molecular formula is C28H34Si. The zero-order chi connectivity index (χ0) is 20.9. The van der Waals surface area contributed by atoms with E-state index in [1.807, 2.05) is 5.20 Å². The smallest absolute Gasteiger partial charge is 0.0798 e. The summed E-state index contributed by atoms with van der Waals surface area (Å²) in [6.07, 6.45) is 4.98. The Morgan fingerprint density at radius 1 is 0.724 bits per heavy atom. The Balaban J connectivity index is 1.76. The molecule has 0 N–H and O–H groups in total. The van der Waals surface area contributed by atoms with Crippen molar-refractivity contribution in [1.82, 2.24) is 0 Å². The standard InChI is InChI=1S/C28H34Si/c1-27(2,3)17-9-11-19-20-12-10-18(28(4,5)6)16-23(20)25(22(19)15-17)21-13-14-24-26(21)29(24,7)8/h9-16,24-25H,1-8H3. The maximum absolute atomic E-state index is 2.55. The molecule has 5 rings (SSSR count). The highest BCUT2D eigenvalue weighted by Gasteiger charge is 2.57. The van der Waals surface area contributed by atoms with Crippen LogP contribution in [-0.2, 0) is 10.8 Å². The summed E-state index contributed by atoms with van der Waals surface area (Å²) in [7, 11) is -1.19. The number of allylic oxidation sites excluding steroid dienone is 4. The fraction of sp³-hybridized carbons (Fsp3) is 0.429. The summed E-state index contributed by atoms with van der Waals surface area (Å²) >= 11 is 0. The van der Waals surface area contributed by atoms with E-state index in [0.717, 1.165) is 5.54 Å². The summed E-state index contributed by atoms with van der Waals surface area (Å²) in [6.45, 7) is 19.1. The summed E-state index contributed by atoms with van der Waals surface area (Å²) in [4.78, 5) is 0. The fourth-order valence-electron chi connectivity index (χ4n) is 5.54. The van der Waals surface area contributed by atoms with E-state index in [2.05, 4.69) is 103 Å². The van der Waals surface area contributed by atoms with Crippen molar-refractivity contribution in [2.45, 2.75) is 76.9 Å². The number of hydrogen-bond donors (Lipinski definition) is 0. The molecule has 1 heteroatoms. The molecule has 29 heavy (non-hydrogen) atoms. The van der Waals surface area contributed by atoms with Gasteiger partial charge in [-0.25, -0.2) is 0 Å². The molecule has 0 aromatic heterocycles. The maximum Gasteiger partial charge on any atom is 0.0867 e. The van der Waals surface area contributed by atoms with Crippen LogP contribution in [0.5, 0.6) is 0 Å². The first-order chi connectivity index (χ1) is 13.4. The molecule has 2 aromatic carbocycles. The largest absolute Gasteiger partial charge is 0.0867 e.